The predicted octanol–water partition coefficient (Wildman–Crippen LogP) is 2.65. The van der Waals surface area contributed by atoms with Crippen LogP contribution in [0, 0.1) is 12.8 Å². The molecule has 1 aromatic heterocycles. The average molecular weight is 398 g/mol. The zero-order valence-corrected chi connectivity index (χ0v) is 16.5. The number of anilines is 3. The first kappa shape index (κ1) is 21.9. The van der Waals surface area contributed by atoms with E-state index in [9.17, 15) is 9.59 Å². The molecule has 0 fully saturated rings. The van der Waals surface area contributed by atoms with Crippen molar-refractivity contribution in [1.82, 2.24) is 10.3 Å². The summed E-state index contributed by atoms with van der Waals surface area (Å²) in [5.74, 6) is -0.617. The molecule has 2 rings (SSSR count). The van der Waals surface area contributed by atoms with Crippen molar-refractivity contribution in [3.05, 3.63) is 35.3 Å². The Labute approximate surface area is 163 Å². The summed E-state index contributed by atoms with van der Waals surface area (Å²) in [4.78, 5) is 28.0. The standard InChI is InChI=1S/C17H23N5O2S.ClH/c1-10(2)15(18)16(24)19-8-14(23)21-12-4-6-13(7-5-12)22-17-20-11(3)9-25-17;/h4-7,9-10,15H,8,18H2,1-3H3,(H,19,24)(H,20,22)(H,21,23);1H/t15-;/m0./s1. The summed E-state index contributed by atoms with van der Waals surface area (Å²) in [5.41, 5.74) is 8.22. The Kier molecular flexibility index (Phi) is 8.50. The van der Waals surface area contributed by atoms with Crippen molar-refractivity contribution in [1.29, 1.82) is 0 Å². The molecule has 0 saturated carbocycles. The lowest BCUT2D eigenvalue weighted by Crippen LogP contribution is -2.46. The Balaban J connectivity index is 0.00000338. The van der Waals surface area contributed by atoms with Gasteiger partial charge in [0.05, 0.1) is 18.3 Å². The Bertz CT molecular complexity index is 733. The highest BCUT2D eigenvalue weighted by molar-refractivity contribution is 7.13. The Morgan fingerprint density at radius 2 is 1.81 bits per heavy atom. The van der Waals surface area contributed by atoms with Gasteiger partial charge in [0.1, 0.15) is 0 Å². The largest absolute Gasteiger partial charge is 0.346 e. The number of nitrogens with one attached hydrogen (secondary N) is 3. The molecule has 2 amide bonds. The van der Waals surface area contributed by atoms with E-state index in [2.05, 4.69) is 20.9 Å². The fourth-order valence-corrected chi connectivity index (χ4v) is 2.67. The van der Waals surface area contributed by atoms with Crippen LogP contribution < -0.4 is 21.7 Å². The molecule has 7 nitrogen and oxygen atoms in total. The maximum Gasteiger partial charge on any atom is 0.243 e. The average Bonchev–Trinajstić information content (AvgIpc) is 2.98. The van der Waals surface area contributed by atoms with E-state index in [-0.39, 0.29) is 36.7 Å². The van der Waals surface area contributed by atoms with Crippen molar-refractivity contribution in [2.45, 2.75) is 26.8 Å². The molecule has 0 saturated heterocycles. The van der Waals surface area contributed by atoms with Crippen LogP contribution in [0.25, 0.3) is 0 Å². The number of nitrogens with two attached hydrogens (primary N) is 1. The molecule has 1 aromatic carbocycles. The number of benzene rings is 1. The smallest absolute Gasteiger partial charge is 0.243 e. The van der Waals surface area contributed by atoms with Gasteiger partial charge in [-0.1, -0.05) is 13.8 Å². The minimum Gasteiger partial charge on any atom is -0.346 e. The van der Waals surface area contributed by atoms with E-state index in [0.717, 1.165) is 16.5 Å². The number of rotatable bonds is 7. The Morgan fingerprint density at radius 3 is 2.35 bits per heavy atom. The second-order valence-electron chi connectivity index (χ2n) is 6.03. The molecule has 1 atom stereocenters. The van der Waals surface area contributed by atoms with E-state index in [1.807, 2.05) is 38.3 Å². The number of nitrogens with zero attached hydrogens (tertiary/aromatic N) is 1. The quantitative estimate of drug-likeness (QED) is 0.574. The third-order valence-corrected chi connectivity index (χ3v) is 4.36. The molecular formula is C17H24ClN5O2S. The van der Waals surface area contributed by atoms with Crippen molar-refractivity contribution in [2.75, 3.05) is 17.2 Å². The van der Waals surface area contributed by atoms with Crippen LogP contribution >= 0.6 is 23.7 Å². The molecule has 9 heteroatoms. The number of carbonyl (C=O) groups excluding carboxylic acids is 2. The minimum atomic E-state index is -0.618. The van der Waals surface area contributed by atoms with Gasteiger partial charge in [-0.15, -0.1) is 23.7 Å². The molecule has 0 spiro atoms. The number of hydrogen-bond donors (Lipinski definition) is 4. The first-order chi connectivity index (χ1) is 11.8. The molecule has 1 heterocycles. The van der Waals surface area contributed by atoms with Gasteiger partial charge in [0, 0.05) is 16.8 Å². The van der Waals surface area contributed by atoms with E-state index in [1.165, 1.54) is 11.3 Å². The molecule has 0 radical (unpaired) electrons. The van der Waals surface area contributed by atoms with Gasteiger partial charge in [0.2, 0.25) is 11.8 Å². The van der Waals surface area contributed by atoms with E-state index in [1.54, 1.807) is 12.1 Å². The van der Waals surface area contributed by atoms with Crippen LogP contribution in [0.3, 0.4) is 0 Å². The molecule has 0 aliphatic heterocycles. The van der Waals surface area contributed by atoms with E-state index in [4.69, 9.17) is 5.73 Å². The van der Waals surface area contributed by atoms with Gasteiger partial charge in [-0.2, -0.15) is 0 Å². The number of amides is 2. The predicted molar refractivity (Wildman–Crippen MR) is 108 cm³/mol. The molecule has 26 heavy (non-hydrogen) atoms. The summed E-state index contributed by atoms with van der Waals surface area (Å²) in [6.07, 6.45) is 0. The molecule has 0 aliphatic carbocycles. The topological polar surface area (TPSA) is 109 Å². The van der Waals surface area contributed by atoms with Crippen molar-refractivity contribution < 1.29 is 9.59 Å². The van der Waals surface area contributed by atoms with Crippen molar-refractivity contribution in [2.24, 2.45) is 11.7 Å². The summed E-state index contributed by atoms with van der Waals surface area (Å²) in [5, 5.41) is 11.2. The molecule has 2 aromatic rings. The summed E-state index contributed by atoms with van der Waals surface area (Å²) in [6, 6.07) is 6.64. The Morgan fingerprint density at radius 1 is 1.19 bits per heavy atom. The monoisotopic (exact) mass is 397 g/mol. The zero-order chi connectivity index (χ0) is 18.4. The van der Waals surface area contributed by atoms with Gasteiger partial charge in [-0.05, 0) is 37.1 Å². The van der Waals surface area contributed by atoms with Crippen LogP contribution in [0.1, 0.15) is 19.5 Å². The summed E-state index contributed by atoms with van der Waals surface area (Å²) < 4.78 is 0. The second kappa shape index (κ2) is 10.1. The molecule has 0 unspecified atom stereocenters. The normalized spacial score (nSPS) is 11.4. The summed E-state index contributed by atoms with van der Waals surface area (Å²) in [6.45, 7) is 5.53. The molecular weight excluding hydrogens is 374 g/mol. The SMILES string of the molecule is Cc1csc(Nc2ccc(NC(=O)CNC(=O)[C@@H](N)C(C)C)cc2)n1.Cl. The maximum absolute atomic E-state index is 11.9. The van der Waals surface area contributed by atoms with E-state index < -0.39 is 6.04 Å². The minimum absolute atomic E-state index is 0. The maximum atomic E-state index is 11.9. The zero-order valence-electron chi connectivity index (χ0n) is 14.9. The fourth-order valence-electron chi connectivity index (χ4n) is 1.96. The summed E-state index contributed by atoms with van der Waals surface area (Å²) >= 11 is 1.53. The number of aryl methyl sites for hydroxylation is 1. The van der Waals surface area contributed by atoms with Crippen molar-refractivity contribution >= 4 is 52.1 Å². The number of aromatic nitrogens is 1. The lowest BCUT2D eigenvalue weighted by atomic mass is 10.1. The lowest BCUT2D eigenvalue weighted by Gasteiger charge is -2.15. The number of thiazole rings is 1. The van der Waals surface area contributed by atoms with Gasteiger partial charge >= 0.3 is 0 Å². The highest BCUT2D eigenvalue weighted by Crippen LogP contribution is 2.21. The first-order valence-corrected chi connectivity index (χ1v) is 8.85. The Hall–Kier alpha value is -2.16. The third-order valence-electron chi connectivity index (χ3n) is 3.48. The molecule has 0 bridgehead atoms. The van der Waals surface area contributed by atoms with Gasteiger partial charge in [-0.3, -0.25) is 9.59 Å². The molecule has 0 aliphatic rings. The highest BCUT2D eigenvalue weighted by Gasteiger charge is 2.17. The van der Waals surface area contributed by atoms with Gasteiger partial charge in [0.15, 0.2) is 5.13 Å². The van der Waals surface area contributed by atoms with Crippen LogP contribution in [0.15, 0.2) is 29.6 Å². The van der Waals surface area contributed by atoms with Crippen LogP contribution in [0.2, 0.25) is 0 Å². The number of hydrogen-bond acceptors (Lipinski definition) is 6. The van der Waals surface area contributed by atoms with E-state index >= 15 is 0 Å². The van der Waals surface area contributed by atoms with Crippen LogP contribution in [-0.4, -0.2) is 29.4 Å². The number of carbonyl (C=O) groups is 2. The molecule has 5 N–H and O–H groups in total. The fraction of sp³-hybridized carbons (Fsp3) is 0.353. The lowest BCUT2D eigenvalue weighted by molar-refractivity contribution is -0.125. The van der Waals surface area contributed by atoms with Crippen LogP contribution in [0.4, 0.5) is 16.5 Å². The first-order valence-electron chi connectivity index (χ1n) is 7.97. The second-order valence-corrected chi connectivity index (χ2v) is 6.89. The van der Waals surface area contributed by atoms with Gasteiger partial charge in [0.25, 0.3) is 0 Å². The van der Waals surface area contributed by atoms with Gasteiger partial charge < -0.3 is 21.7 Å². The summed E-state index contributed by atoms with van der Waals surface area (Å²) in [7, 11) is 0. The molecule has 142 valence electrons. The highest BCUT2D eigenvalue weighted by atomic mass is 35.5. The third kappa shape index (κ3) is 6.62. The van der Waals surface area contributed by atoms with E-state index in [0.29, 0.717) is 5.69 Å². The van der Waals surface area contributed by atoms with Crippen LogP contribution in [0.5, 0.6) is 0 Å². The number of halogens is 1. The van der Waals surface area contributed by atoms with Crippen LogP contribution in [-0.2, 0) is 9.59 Å². The van der Waals surface area contributed by atoms with Crippen molar-refractivity contribution in [3.63, 3.8) is 0 Å². The van der Waals surface area contributed by atoms with Gasteiger partial charge in [-0.25, -0.2) is 4.98 Å². The van der Waals surface area contributed by atoms with Crippen molar-refractivity contribution in [3.8, 4) is 0 Å².